The van der Waals surface area contributed by atoms with Gasteiger partial charge in [-0.3, -0.25) is 4.79 Å². The standard InChI is InChI=1S/C19H16ClNO5/c20-14-4-1-13(2-5-14)3-8-19(23)26-12-18(22)21-15-6-7-16-17(11-15)25-10-9-24-16/h1-8,11H,9-10,12H2,(H,21,22). The van der Waals surface area contributed by atoms with Crippen LogP contribution >= 0.6 is 11.6 Å². The van der Waals surface area contributed by atoms with Gasteiger partial charge < -0.3 is 19.5 Å². The number of carbonyl (C=O) groups is 2. The summed E-state index contributed by atoms with van der Waals surface area (Å²) in [6.45, 7) is 0.568. The number of amides is 1. The van der Waals surface area contributed by atoms with Crippen LogP contribution in [0.5, 0.6) is 11.5 Å². The van der Waals surface area contributed by atoms with Crippen molar-refractivity contribution in [3.05, 3.63) is 59.1 Å². The van der Waals surface area contributed by atoms with Crippen LogP contribution in [-0.2, 0) is 14.3 Å². The molecule has 0 aliphatic carbocycles. The number of nitrogens with one attached hydrogen (secondary N) is 1. The van der Waals surface area contributed by atoms with E-state index in [2.05, 4.69) is 5.32 Å². The van der Waals surface area contributed by atoms with Gasteiger partial charge in [0.05, 0.1) is 0 Å². The highest BCUT2D eigenvalue weighted by atomic mass is 35.5. The molecular weight excluding hydrogens is 358 g/mol. The number of anilines is 1. The summed E-state index contributed by atoms with van der Waals surface area (Å²) >= 11 is 5.79. The fourth-order valence-electron chi connectivity index (χ4n) is 2.24. The zero-order valence-electron chi connectivity index (χ0n) is 13.7. The molecule has 0 saturated heterocycles. The van der Waals surface area contributed by atoms with E-state index >= 15 is 0 Å². The predicted octanol–water partition coefficient (Wildman–Crippen LogP) is 3.31. The maximum absolute atomic E-state index is 11.9. The van der Waals surface area contributed by atoms with Gasteiger partial charge in [-0.1, -0.05) is 23.7 Å². The van der Waals surface area contributed by atoms with Gasteiger partial charge in [-0.05, 0) is 35.9 Å². The van der Waals surface area contributed by atoms with Gasteiger partial charge in [0.15, 0.2) is 18.1 Å². The van der Waals surface area contributed by atoms with Crippen LogP contribution in [0.25, 0.3) is 6.08 Å². The van der Waals surface area contributed by atoms with E-state index in [9.17, 15) is 9.59 Å². The Morgan fingerprint density at radius 2 is 1.81 bits per heavy atom. The first kappa shape index (κ1) is 17.8. The quantitative estimate of drug-likeness (QED) is 0.643. The SMILES string of the molecule is O=C(COC(=O)C=Cc1ccc(Cl)cc1)Nc1ccc2c(c1)OCCO2. The summed E-state index contributed by atoms with van der Waals surface area (Å²) in [5.41, 5.74) is 1.33. The summed E-state index contributed by atoms with van der Waals surface area (Å²) in [6, 6.07) is 12.0. The molecule has 1 N–H and O–H groups in total. The van der Waals surface area contributed by atoms with Crippen LogP contribution in [-0.4, -0.2) is 31.7 Å². The minimum Gasteiger partial charge on any atom is -0.486 e. The third kappa shape index (κ3) is 5.00. The van der Waals surface area contributed by atoms with Crippen molar-refractivity contribution in [2.75, 3.05) is 25.1 Å². The van der Waals surface area contributed by atoms with Crippen molar-refractivity contribution in [2.45, 2.75) is 0 Å². The van der Waals surface area contributed by atoms with Gasteiger partial charge in [-0.2, -0.15) is 0 Å². The lowest BCUT2D eigenvalue weighted by molar-refractivity contribution is -0.142. The Balaban J connectivity index is 1.47. The van der Waals surface area contributed by atoms with Crippen molar-refractivity contribution in [2.24, 2.45) is 0 Å². The number of hydrogen-bond acceptors (Lipinski definition) is 5. The predicted molar refractivity (Wildman–Crippen MR) is 97.5 cm³/mol. The number of ether oxygens (including phenoxy) is 3. The molecular formula is C19H16ClNO5. The first-order valence-electron chi connectivity index (χ1n) is 7.90. The average molecular weight is 374 g/mol. The zero-order valence-corrected chi connectivity index (χ0v) is 14.5. The molecule has 1 aliphatic heterocycles. The smallest absolute Gasteiger partial charge is 0.331 e. The Hall–Kier alpha value is -2.99. The lowest BCUT2D eigenvalue weighted by atomic mass is 10.2. The third-order valence-electron chi connectivity index (χ3n) is 3.45. The van der Waals surface area contributed by atoms with E-state index in [0.717, 1.165) is 5.56 Å². The minimum atomic E-state index is -0.614. The van der Waals surface area contributed by atoms with Crippen LogP contribution < -0.4 is 14.8 Å². The molecule has 0 fully saturated rings. The summed E-state index contributed by atoms with van der Waals surface area (Å²) in [7, 11) is 0. The van der Waals surface area contributed by atoms with Crippen molar-refractivity contribution in [1.82, 2.24) is 0 Å². The van der Waals surface area contributed by atoms with Crippen molar-refractivity contribution in [3.63, 3.8) is 0 Å². The molecule has 0 radical (unpaired) electrons. The Labute approximate surface area is 155 Å². The van der Waals surface area contributed by atoms with Crippen molar-refractivity contribution < 1.29 is 23.8 Å². The number of benzene rings is 2. The van der Waals surface area contributed by atoms with Gasteiger partial charge in [0.1, 0.15) is 13.2 Å². The number of hydrogen-bond donors (Lipinski definition) is 1. The molecule has 0 atom stereocenters. The van der Waals surface area contributed by atoms with E-state index in [1.54, 1.807) is 48.5 Å². The fraction of sp³-hybridized carbons (Fsp3) is 0.158. The van der Waals surface area contributed by atoms with Gasteiger partial charge in [0.25, 0.3) is 5.91 Å². The fourth-order valence-corrected chi connectivity index (χ4v) is 2.37. The average Bonchev–Trinajstić information content (AvgIpc) is 2.66. The minimum absolute atomic E-state index is 0.391. The van der Waals surface area contributed by atoms with Crippen LogP contribution in [0.1, 0.15) is 5.56 Å². The lowest BCUT2D eigenvalue weighted by Crippen LogP contribution is -2.20. The molecule has 134 valence electrons. The van der Waals surface area contributed by atoms with Crippen molar-refractivity contribution in [1.29, 1.82) is 0 Å². The number of rotatable bonds is 5. The van der Waals surface area contributed by atoms with Crippen molar-refractivity contribution in [3.8, 4) is 11.5 Å². The topological polar surface area (TPSA) is 73.9 Å². The highest BCUT2D eigenvalue weighted by Gasteiger charge is 2.13. The first-order chi connectivity index (χ1) is 12.6. The summed E-state index contributed by atoms with van der Waals surface area (Å²) in [5.74, 6) is 0.136. The maximum Gasteiger partial charge on any atom is 0.331 e. The lowest BCUT2D eigenvalue weighted by Gasteiger charge is -2.18. The Morgan fingerprint density at radius 3 is 2.58 bits per heavy atom. The van der Waals surface area contributed by atoms with E-state index in [0.29, 0.717) is 35.4 Å². The second kappa shape index (κ2) is 8.40. The molecule has 0 unspecified atom stereocenters. The second-order valence-corrected chi connectivity index (χ2v) is 5.84. The largest absolute Gasteiger partial charge is 0.486 e. The molecule has 1 amide bonds. The molecule has 1 heterocycles. The molecule has 6 nitrogen and oxygen atoms in total. The number of fused-ring (bicyclic) bond motifs is 1. The first-order valence-corrected chi connectivity index (χ1v) is 8.28. The molecule has 7 heteroatoms. The molecule has 0 spiro atoms. The normalized spacial score (nSPS) is 12.7. The van der Waals surface area contributed by atoms with Gasteiger partial charge in [0, 0.05) is 22.9 Å². The van der Waals surface area contributed by atoms with Crippen molar-refractivity contribution >= 4 is 35.2 Å². The molecule has 3 rings (SSSR count). The van der Waals surface area contributed by atoms with E-state index in [1.165, 1.54) is 6.08 Å². The molecule has 1 aliphatic rings. The van der Waals surface area contributed by atoms with Gasteiger partial charge in [0.2, 0.25) is 0 Å². The van der Waals surface area contributed by atoms with E-state index in [1.807, 2.05) is 0 Å². The zero-order chi connectivity index (χ0) is 18.4. The van der Waals surface area contributed by atoms with E-state index in [4.69, 9.17) is 25.8 Å². The molecule has 0 bridgehead atoms. The molecule has 2 aromatic rings. The van der Waals surface area contributed by atoms with E-state index < -0.39 is 18.5 Å². The Kier molecular flexibility index (Phi) is 5.76. The second-order valence-electron chi connectivity index (χ2n) is 5.40. The van der Waals surface area contributed by atoms with Crippen LogP contribution in [0.2, 0.25) is 5.02 Å². The van der Waals surface area contributed by atoms with Gasteiger partial charge >= 0.3 is 5.97 Å². The molecule has 0 aromatic heterocycles. The number of carbonyl (C=O) groups excluding carboxylic acids is 2. The highest BCUT2D eigenvalue weighted by Crippen LogP contribution is 2.32. The van der Waals surface area contributed by atoms with Gasteiger partial charge in [-0.25, -0.2) is 4.79 Å². The molecule has 2 aromatic carbocycles. The van der Waals surface area contributed by atoms with E-state index in [-0.39, 0.29) is 0 Å². The molecule has 26 heavy (non-hydrogen) atoms. The Bertz CT molecular complexity index is 832. The summed E-state index contributed by atoms with van der Waals surface area (Å²) in [5, 5.41) is 3.25. The number of halogens is 1. The van der Waals surface area contributed by atoms with Crippen LogP contribution in [0.3, 0.4) is 0 Å². The summed E-state index contributed by atoms with van der Waals surface area (Å²) in [4.78, 5) is 23.6. The van der Waals surface area contributed by atoms with Gasteiger partial charge in [-0.15, -0.1) is 0 Å². The maximum atomic E-state index is 11.9. The van der Waals surface area contributed by atoms with Crippen LogP contribution in [0.15, 0.2) is 48.5 Å². The van der Waals surface area contributed by atoms with Crippen LogP contribution in [0.4, 0.5) is 5.69 Å². The van der Waals surface area contributed by atoms with Crippen LogP contribution in [0, 0.1) is 0 Å². The molecule has 0 saturated carbocycles. The number of esters is 1. The summed E-state index contributed by atoms with van der Waals surface area (Å²) < 4.78 is 15.8. The summed E-state index contributed by atoms with van der Waals surface area (Å²) in [6.07, 6.45) is 2.83. The highest BCUT2D eigenvalue weighted by molar-refractivity contribution is 6.30. The Morgan fingerprint density at radius 1 is 1.08 bits per heavy atom. The third-order valence-corrected chi connectivity index (χ3v) is 3.71. The monoisotopic (exact) mass is 373 g/mol.